The number of hydrogen-bond acceptors (Lipinski definition) is 4. The summed E-state index contributed by atoms with van der Waals surface area (Å²) in [6.07, 6.45) is 1.94. The fraction of sp³-hybridized carbons (Fsp3) is 0.333. The zero-order valence-corrected chi connectivity index (χ0v) is 9.41. The number of benzene rings is 1. The largest absolute Gasteiger partial charge is 0.383 e. The molecule has 0 saturated carbocycles. The molecule has 0 aromatic heterocycles. The van der Waals surface area contributed by atoms with E-state index in [1.54, 1.807) is 17.8 Å². The van der Waals surface area contributed by atoms with Crippen LogP contribution in [-0.2, 0) is 9.84 Å². The Hall–Kier alpha value is -0.680. The topological polar surface area (TPSA) is 46.2 Å². The summed E-state index contributed by atoms with van der Waals surface area (Å²) in [6, 6.07) is 5.50. The molecule has 76 valence electrons. The van der Waals surface area contributed by atoms with Crippen LogP contribution in [0.1, 0.15) is 0 Å². The van der Waals surface area contributed by atoms with Crippen LogP contribution in [0.3, 0.4) is 0 Å². The van der Waals surface area contributed by atoms with Crippen molar-refractivity contribution < 1.29 is 8.42 Å². The van der Waals surface area contributed by atoms with Crippen LogP contribution >= 0.6 is 11.8 Å². The Bertz CT molecular complexity index is 454. The zero-order chi connectivity index (χ0) is 10.2. The molecule has 0 saturated heterocycles. The first kappa shape index (κ1) is 9.86. The smallest absolute Gasteiger partial charge is 0.182 e. The Balaban J connectivity index is 2.61. The van der Waals surface area contributed by atoms with Crippen LogP contribution in [0, 0.1) is 0 Å². The monoisotopic (exact) mass is 229 g/mol. The molecule has 1 heterocycles. The van der Waals surface area contributed by atoms with Crippen molar-refractivity contribution >= 4 is 27.3 Å². The average molecular weight is 229 g/mol. The number of rotatable bonds is 1. The highest BCUT2D eigenvalue weighted by Crippen LogP contribution is 2.29. The number of sulfone groups is 1. The van der Waals surface area contributed by atoms with E-state index in [1.165, 1.54) is 0 Å². The summed E-state index contributed by atoms with van der Waals surface area (Å²) >= 11 is 1.55. The van der Waals surface area contributed by atoms with Gasteiger partial charge < -0.3 is 5.32 Å². The number of anilines is 1. The van der Waals surface area contributed by atoms with Gasteiger partial charge in [-0.25, -0.2) is 8.42 Å². The van der Waals surface area contributed by atoms with Crippen LogP contribution in [0.25, 0.3) is 0 Å². The van der Waals surface area contributed by atoms with Gasteiger partial charge in [-0.3, -0.25) is 0 Å². The minimum atomic E-state index is -3.05. The Labute approximate surface area is 87.8 Å². The Morgan fingerprint density at radius 2 is 2.21 bits per heavy atom. The third kappa shape index (κ3) is 1.62. The maximum absolute atomic E-state index is 11.7. The van der Waals surface area contributed by atoms with Gasteiger partial charge in [0.2, 0.25) is 0 Å². The van der Waals surface area contributed by atoms with Gasteiger partial charge in [0.05, 0.1) is 16.3 Å². The lowest BCUT2D eigenvalue weighted by Gasteiger charge is -2.18. The fourth-order valence-corrected chi connectivity index (χ4v) is 3.35. The summed E-state index contributed by atoms with van der Waals surface area (Å²) in [5, 5.41) is 3.08. The first-order chi connectivity index (χ1) is 6.63. The van der Waals surface area contributed by atoms with E-state index in [9.17, 15) is 8.42 Å². The lowest BCUT2D eigenvalue weighted by atomic mass is 10.3. The molecule has 1 aliphatic rings. The molecule has 0 fully saturated rings. The highest BCUT2D eigenvalue weighted by molar-refractivity contribution is 7.98. The summed E-state index contributed by atoms with van der Waals surface area (Å²) in [5.41, 5.74) is 0.731. The second-order valence-corrected chi connectivity index (χ2v) is 6.06. The number of hydrogen-bond donors (Lipinski definition) is 1. The lowest BCUT2D eigenvalue weighted by molar-refractivity contribution is 0.594. The lowest BCUT2D eigenvalue weighted by Crippen LogP contribution is -2.23. The van der Waals surface area contributed by atoms with Crippen LogP contribution in [0.2, 0.25) is 0 Å². The summed E-state index contributed by atoms with van der Waals surface area (Å²) < 4.78 is 23.4. The van der Waals surface area contributed by atoms with E-state index in [4.69, 9.17) is 0 Å². The second-order valence-electron chi connectivity index (χ2n) is 3.11. The predicted octanol–water partition coefficient (Wildman–Crippen LogP) is 1.61. The maximum Gasteiger partial charge on any atom is 0.182 e. The van der Waals surface area contributed by atoms with E-state index in [2.05, 4.69) is 5.32 Å². The molecular weight excluding hydrogens is 218 g/mol. The van der Waals surface area contributed by atoms with Gasteiger partial charge in [0.15, 0.2) is 9.84 Å². The summed E-state index contributed by atoms with van der Waals surface area (Å²) in [7, 11) is -3.05. The van der Waals surface area contributed by atoms with Crippen LogP contribution in [0.5, 0.6) is 0 Å². The number of fused-ring (bicyclic) bond motifs is 1. The van der Waals surface area contributed by atoms with Crippen molar-refractivity contribution in [3.63, 3.8) is 0 Å². The van der Waals surface area contributed by atoms with Crippen molar-refractivity contribution in [1.82, 2.24) is 0 Å². The van der Waals surface area contributed by atoms with Gasteiger partial charge in [-0.1, -0.05) is 0 Å². The van der Waals surface area contributed by atoms with Gasteiger partial charge in [0.1, 0.15) is 0 Å². The van der Waals surface area contributed by atoms with Gasteiger partial charge in [0.25, 0.3) is 0 Å². The molecule has 0 atom stereocenters. The van der Waals surface area contributed by atoms with E-state index in [1.807, 2.05) is 18.4 Å². The molecule has 0 aliphatic carbocycles. The molecule has 1 N–H and O–H groups in total. The zero-order valence-electron chi connectivity index (χ0n) is 7.78. The van der Waals surface area contributed by atoms with Crippen molar-refractivity contribution in [2.45, 2.75) is 9.79 Å². The molecule has 5 heteroatoms. The molecule has 1 aromatic rings. The van der Waals surface area contributed by atoms with E-state index in [0.29, 0.717) is 11.4 Å². The summed E-state index contributed by atoms with van der Waals surface area (Å²) in [5.74, 6) is 0.192. The molecule has 0 spiro atoms. The highest BCUT2D eigenvalue weighted by Gasteiger charge is 2.23. The quantitative estimate of drug-likeness (QED) is 0.743. The van der Waals surface area contributed by atoms with E-state index >= 15 is 0 Å². The predicted molar refractivity (Wildman–Crippen MR) is 58.8 cm³/mol. The SMILES string of the molecule is CSc1ccc2c(c1)S(=O)(=O)CCN2. The number of nitrogens with one attached hydrogen (secondary N) is 1. The van der Waals surface area contributed by atoms with Crippen molar-refractivity contribution in [2.24, 2.45) is 0 Å². The molecule has 1 aliphatic heterocycles. The van der Waals surface area contributed by atoms with Crippen LogP contribution in [0.4, 0.5) is 5.69 Å². The van der Waals surface area contributed by atoms with Gasteiger partial charge >= 0.3 is 0 Å². The van der Waals surface area contributed by atoms with Crippen molar-refractivity contribution in [1.29, 1.82) is 0 Å². The van der Waals surface area contributed by atoms with Gasteiger partial charge in [-0.2, -0.15) is 0 Å². The molecule has 0 unspecified atom stereocenters. The summed E-state index contributed by atoms with van der Waals surface area (Å²) in [6.45, 7) is 0.508. The van der Waals surface area contributed by atoms with Crippen molar-refractivity contribution in [2.75, 3.05) is 23.9 Å². The molecule has 0 bridgehead atoms. The van der Waals surface area contributed by atoms with Crippen molar-refractivity contribution in [3.05, 3.63) is 18.2 Å². The Morgan fingerprint density at radius 3 is 2.93 bits per heavy atom. The molecular formula is C9H11NO2S2. The van der Waals surface area contributed by atoms with Crippen LogP contribution in [0.15, 0.2) is 28.0 Å². The number of thioether (sulfide) groups is 1. The van der Waals surface area contributed by atoms with Gasteiger partial charge in [0, 0.05) is 11.4 Å². The fourth-order valence-electron chi connectivity index (χ4n) is 1.46. The molecule has 3 nitrogen and oxygen atoms in total. The standard InChI is InChI=1S/C9H11NO2S2/c1-13-7-2-3-8-9(6-7)14(11,12)5-4-10-8/h2-3,6,10H,4-5H2,1H3. The van der Waals surface area contributed by atoms with Crippen LogP contribution < -0.4 is 5.32 Å². The average Bonchev–Trinajstić information content (AvgIpc) is 2.17. The Morgan fingerprint density at radius 1 is 1.43 bits per heavy atom. The third-order valence-electron chi connectivity index (χ3n) is 2.21. The van der Waals surface area contributed by atoms with E-state index < -0.39 is 9.84 Å². The maximum atomic E-state index is 11.7. The first-order valence-electron chi connectivity index (χ1n) is 4.28. The molecule has 14 heavy (non-hydrogen) atoms. The highest BCUT2D eigenvalue weighted by atomic mass is 32.2. The normalized spacial score (nSPS) is 18.4. The second kappa shape index (κ2) is 3.47. The first-order valence-corrected chi connectivity index (χ1v) is 7.16. The Kier molecular flexibility index (Phi) is 2.45. The van der Waals surface area contributed by atoms with Crippen molar-refractivity contribution in [3.8, 4) is 0 Å². The third-order valence-corrected chi connectivity index (χ3v) is 4.68. The molecule has 1 aromatic carbocycles. The van der Waals surface area contributed by atoms with E-state index in [-0.39, 0.29) is 5.75 Å². The molecule has 2 rings (SSSR count). The van der Waals surface area contributed by atoms with Crippen LogP contribution in [-0.4, -0.2) is 27.0 Å². The minimum Gasteiger partial charge on any atom is -0.383 e. The van der Waals surface area contributed by atoms with Gasteiger partial charge in [-0.15, -0.1) is 11.8 Å². The summed E-state index contributed by atoms with van der Waals surface area (Å²) in [4.78, 5) is 1.42. The van der Waals surface area contributed by atoms with Gasteiger partial charge in [-0.05, 0) is 24.5 Å². The van der Waals surface area contributed by atoms with E-state index in [0.717, 1.165) is 10.6 Å². The minimum absolute atomic E-state index is 0.192. The molecule has 0 amide bonds. The molecule has 0 radical (unpaired) electrons.